The third-order valence-electron chi connectivity index (χ3n) is 7.86. The fraction of sp³-hybridized carbons (Fsp3) is 0.344. The van der Waals surface area contributed by atoms with Crippen molar-refractivity contribution in [3.8, 4) is 11.3 Å². The number of nitrogens with zero attached hydrogens (tertiary/aromatic N) is 4. The Kier molecular flexibility index (Phi) is 11.3. The van der Waals surface area contributed by atoms with Crippen molar-refractivity contribution < 1.29 is 46.7 Å². The molecule has 46 heavy (non-hydrogen) atoms. The number of nitrogen functional groups attached to an aromatic ring is 1. The molecule has 1 aliphatic carbocycles. The molecule has 236 valence electrons. The van der Waals surface area contributed by atoms with E-state index in [0.29, 0.717) is 35.9 Å². The fourth-order valence-electron chi connectivity index (χ4n) is 5.61. The number of unbranched alkanes of at least 4 members (excludes halogenated alkanes) is 2. The molecule has 3 heterocycles. The van der Waals surface area contributed by atoms with Gasteiger partial charge in [-0.2, -0.15) is 18.3 Å². The van der Waals surface area contributed by atoms with Gasteiger partial charge in [0.2, 0.25) is 0 Å². The van der Waals surface area contributed by atoms with Crippen LogP contribution in [0.15, 0.2) is 54.9 Å². The summed E-state index contributed by atoms with van der Waals surface area (Å²) >= 11 is 0. The second kappa shape index (κ2) is 14.9. The number of alkyl halides is 3. The summed E-state index contributed by atoms with van der Waals surface area (Å²) in [6.45, 7) is 0. The van der Waals surface area contributed by atoms with Crippen LogP contribution in [0.5, 0.6) is 0 Å². The Labute approximate surface area is 275 Å². The number of carbonyl (C=O) groups excluding carboxylic acids is 2. The van der Waals surface area contributed by atoms with Crippen LogP contribution in [0.2, 0.25) is 0 Å². The van der Waals surface area contributed by atoms with E-state index in [0.717, 1.165) is 55.1 Å². The Balaban J connectivity index is 0.00000480. The Morgan fingerprint density at radius 2 is 1.87 bits per heavy atom. The molecule has 1 aromatic carbocycles. The standard InChI is InChI=1S/C32H34F3N7O3.Li/c33-32(34,35)22-14-15-38-25(16-22)40-31(45)20-12-10-19(11-13-20)28-27-29(42(41-28)24-8-5-7-23(36)17-24)21(18-39-30(27)37)6-3-1-2-4-9-26(43)44;/h3,6,10-16,18,23-24H,1-2,4-5,7-9,17,36H2,(H2,37,39)(H,43,44)(H,38,40,45);/q;+1/p-1/b6-3+;/t23-,24-;/m1./s1. The van der Waals surface area contributed by atoms with Gasteiger partial charge in [0.1, 0.15) is 17.3 Å². The number of aliphatic carboxylic acids is 1. The van der Waals surface area contributed by atoms with Gasteiger partial charge in [-0.05, 0) is 75.6 Å². The number of carboxylic acid groups (broad SMARTS) is 1. The topological polar surface area (TPSA) is 165 Å². The molecule has 0 radical (unpaired) electrons. The number of rotatable bonds is 10. The van der Waals surface area contributed by atoms with Crippen molar-refractivity contribution in [3.63, 3.8) is 0 Å². The van der Waals surface area contributed by atoms with Crippen LogP contribution in [0, 0.1) is 0 Å². The van der Waals surface area contributed by atoms with E-state index in [2.05, 4.69) is 15.3 Å². The van der Waals surface area contributed by atoms with E-state index in [1.165, 1.54) is 0 Å². The zero-order chi connectivity index (χ0) is 32.1. The minimum absolute atomic E-state index is 0. The number of aromatic nitrogens is 4. The molecule has 5 rings (SSSR count). The average Bonchev–Trinajstić information content (AvgIpc) is 3.41. The second-order valence-corrected chi connectivity index (χ2v) is 11.2. The Morgan fingerprint density at radius 1 is 1.11 bits per heavy atom. The largest absolute Gasteiger partial charge is 1.00 e. The third-order valence-corrected chi connectivity index (χ3v) is 7.86. The first kappa shape index (κ1) is 34.7. The third kappa shape index (κ3) is 8.15. The molecule has 4 aromatic rings. The van der Waals surface area contributed by atoms with Crippen LogP contribution >= 0.6 is 0 Å². The summed E-state index contributed by atoms with van der Waals surface area (Å²) < 4.78 is 41.2. The molecule has 1 amide bonds. The number of anilines is 2. The van der Waals surface area contributed by atoms with Gasteiger partial charge in [-0.1, -0.05) is 24.3 Å². The van der Waals surface area contributed by atoms with Gasteiger partial charge in [0.25, 0.3) is 5.91 Å². The Morgan fingerprint density at radius 3 is 2.57 bits per heavy atom. The van der Waals surface area contributed by atoms with Gasteiger partial charge in [0, 0.05) is 41.1 Å². The van der Waals surface area contributed by atoms with E-state index in [-0.39, 0.29) is 54.6 Å². The van der Waals surface area contributed by atoms with Crippen molar-refractivity contribution in [2.24, 2.45) is 5.73 Å². The van der Waals surface area contributed by atoms with Gasteiger partial charge < -0.3 is 26.7 Å². The number of benzene rings is 1. The molecule has 0 unspecified atom stereocenters. The van der Waals surface area contributed by atoms with E-state index in [9.17, 15) is 27.9 Å². The van der Waals surface area contributed by atoms with Gasteiger partial charge in [0.05, 0.1) is 22.5 Å². The van der Waals surface area contributed by atoms with Crippen LogP contribution in [0.4, 0.5) is 24.8 Å². The van der Waals surface area contributed by atoms with E-state index in [1.54, 1.807) is 30.5 Å². The van der Waals surface area contributed by atoms with Crippen molar-refractivity contribution in [1.29, 1.82) is 0 Å². The normalized spacial score (nSPS) is 16.8. The van der Waals surface area contributed by atoms with Crippen molar-refractivity contribution >= 4 is 40.5 Å². The predicted molar refractivity (Wildman–Crippen MR) is 163 cm³/mol. The Hall–Kier alpha value is -4.18. The zero-order valence-electron chi connectivity index (χ0n) is 25.4. The molecule has 1 aliphatic rings. The number of hydrogen-bond donors (Lipinski definition) is 3. The first-order chi connectivity index (χ1) is 21.5. The van der Waals surface area contributed by atoms with Crippen LogP contribution in [0.25, 0.3) is 28.2 Å². The minimum Gasteiger partial charge on any atom is -0.550 e. The minimum atomic E-state index is -4.56. The summed E-state index contributed by atoms with van der Waals surface area (Å²) in [7, 11) is 0. The molecule has 3 aromatic heterocycles. The molecule has 5 N–H and O–H groups in total. The second-order valence-electron chi connectivity index (χ2n) is 11.2. The van der Waals surface area contributed by atoms with E-state index >= 15 is 0 Å². The van der Waals surface area contributed by atoms with E-state index < -0.39 is 23.6 Å². The number of hydrogen-bond acceptors (Lipinski definition) is 8. The van der Waals surface area contributed by atoms with Gasteiger partial charge in [-0.3, -0.25) is 9.48 Å². The molecule has 1 fully saturated rings. The molecule has 2 atom stereocenters. The molecule has 0 saturated heterocycles. The van der Waals surface area contributed by atoms with Crippen molar-refractivity contribution in [2.75, 3.05) is 11.1 Å². The maximum absolute atomic E-state index is 13.1. The number of nitrogens with two attached hydrogens (primary N) is 2. The number of carbonyl (C=O) groups is 2. The number of allylic oxidation sites excluding steroid dienone is 1. The van der Waals surface area contributed by atoms with Gasteiger partial charge in [-0.15, -0.1) is 0 Å². The van der Waals surface area contributed by atoms with Gasteiger partial charge >= 0.3 is 25.0 Å². The summed E-state index contributed by atoms with van der Waals surface area (Å²) in [5, 5.41) is 18.8. The maximum atomic E-state index is 13.1. The molecular weight excluding hydrogens is 594 g/mol. The van der Waals surface area contributed by atoms with Crippen LogP contribution < -0.4 is 40.8 Å². The van der Waals surface area contributed by atoms with Gasteiger partial charge in [-0.25, -0.2) is 9.97 Å². The number of fused-ring (bicyclic) bond motifs is 1. The van der Waals surface area contributed by atoms with Crippen molar-refractivity contribution in [3.05, 3.63) is 71.6 Å². The van der Waals surface area contributed by atoms with E-state index in [1.807, 2.05) is 16.8 Å². The number of carboxylic acids is 1. The van der Waals surface area contributed by atoms with Crippen molar-refractivity contribution in [2.45, 2.75) is 69.6 Å². The molecule has 0 aliphatic heterocycles. The van der Waals surface area contributed by atoms with Gasteiger partial charge in [0.15, 0.2) is 0 Å². The molecule has 1 saturated carbocycles. The quantitative estimate of drug-likeness (QED) is 0.178. The predicted octanol–water partition coefficient (Wildman–Crippen LogP) is 2.12. The SMILES string of the molecule is Nc1ncc(/C=C/CCCCC(=O)[O-])c2c1c(-c1ccc(C(=O)Nc3cc(C(F)(F)F)ccn3)cc1)nn2[C@@H]1CCC[C@@H](N)C1.[Li+]. The molecule has 10 nitrogen and oxygen atoms in total. The summed E-state index contributed by atoms with van der Waals surface area (Å²) in [5.41, 5.74) is 14.9. The first-order valence-electron chi connectivity index (χ1n) is 14.7. The molecule has 14 heteroatoms. The van der Waals surface area contributed by atoms with E-state index in [4.69, 9.17) is 16.6 Å². The fourth-order valence-corrected chi connectivity index (χ4v) is 5.61. The summed E-state index contributed by atoms with van der Waals surface area (Å²) in [4.78, 5) is 31.8. The summed E-state index contributed by atoms with van der Waals surface area (Å²) in [6, 6.07) is 8.19. The molecule has 0 spiro atoms. The van der Waals surface area contributed by atoms with Crippen LogP contribution in [0.3, 0.4) is 0 Å². The first-order valence-corrected chi connectivity index (χ1v) is 14.7. The summed E-state index contributed by atoms with van der Waals surface area (Å²) in [6.07, 6.45) is 7.45. The maximum Gasteiger partial charge on any atom is 1.00 e. The monoisotopic (exact) mass is 627 g/mol. The average molecular weight is 628 g/mol. The summed E-state index contributed by atoms with van der Waals surface area (Å²) in [5.74, 6) is -1.61. The molecular formula is C32H33F3LiN7O3. The Bertz CT molecular complexity index is 1720. The van der Waals surface area contributed by atoms with Crippen LogP contribution in [0.1, 0.15) is 78.9 Å². The number of amides is 1. The van der Waals surface area contributed by atoms with Crippen molar-refractivity contribution in [1.82, 2.24) is 19.7 Å². The number of pyridine rings is 2. The van der Waals surface area contributed by atoms with Crippen LogP contribution in [-0.4, -0.2) is 37.7 Å². The number of nitrogens with one attached hydrogen (secondary N) is 1. The molecule has 0 bridgehead atoms. The number of halogens is 3. The van der Waals surface area contributed by atoms with Crippen LogP contribution in [-0.2, 0) is 11.0 Å². The smallest absolute Gasteiger partial charge is 0.550 e. The zero-order valence-corrected chi connectivity index (χ0v) is 25.4.